The van der Waals surface area contributed by atoms with Crippen molar-refractivity contribution in [2.24, 2.45) is 0 Å². The van der Waals surface area contributed by atoms with Crippen molar-refractivity contribution in [1.29, 1.82) is 0 Å². The third-order valence-electron chi connectivity index (χ3n) is 4.14. The predicted molar refractivity (Wildman–Crippen MR) is 103 cm³/mol. The zero-order valence-electron chi connectivity index (χ0n) is 15.4. The molecule has 0 fully saturated rings. The molecular weight excluding hydrogens is 328 g/mol. The molecule has 4 nitrogen and oxygen atoms in total. The Morgan fingerprint density at radius 1 is 1.00 bits per heavy atom. The normalized spacial score (nSPS) is 10.5. The number of carboxylic acid groups (broad SMARTS) is 1. The Morgan fingerprint density at radius 3 is 2.65 bits per heavy atom. The van der Waals surface area contributed by atoms with E-state index in [4.69, 9.17) is 14.6 Å². The Morgan fingerprint density at radius 2 is 1.85 bits per heavy atom. The van der Waals surface area contributed by atoms with Gasteiger partial charge in [0.05, 0.1) is 6.61 Å². The van der Waals surface area contributed by atoms with Gasteiger partial charge in [0.15, 0.2) is 0 Å². The average molecular weight is 356 g/mol. The Bertz CT molecular complexity index is 681. The van der Waals surface area contributed by atoms with Crippen LogP contribution in [0, 0.1) is 0 Å². The molecular formula is C22H28O4. The van der Waals surface area contributed by atoms with Gasteiger partial charge in [0, 0.05) is 6.42 Å². The van der Waals surface area contributed by atoms with E-state index >= 15 is 0 Å². The summed E-state index contributed by atoms with van der Waals surface area (Å²) in [5.41, 5.74) is 1.95. The molecule has 140 valence electrons. The van der Waals surface area contributed by atoms with Gasteiger partial charge in [-0.05, 0) is 42.2 Å². The highest BCUT2D eigenvalue weighted by atomic mass is 16.5. The maximum absolute atomic E-state index is 10.8. The van der Waals surface area contributed by atoms with Crippen LogP contribution in [0.25, 0.3) is 0 Å². The molecule has 1 N–H and O–H groups in total. The summed E-state index contributed by atoms with van der Waals surface area (Å²) < 4.78 is 11.7. The lowest BCUT2D eigenvalue weighted by atomic mass is 10.1. The van der Waals surface area contributed by atoms with E-state index < -0.39 is 5.97 Å². The summed E-state index contributed by atoms with van der Waals surface area (Å²) in [6, 6.07) is 15.5. The van der Waals surface area contributed by atoms with Gasteiger partial charge < -0.3 is 14.6 Å². The Hall–Kier alpha value is -2.49. The van der Waals surface area contributed by atoms with Crippen molar-refractivity contribution in [2.75, 3.05) is 6.61 Å². The van der Waals surface area contributed by atoms with Crippen LogP contribution >= 0.6 is 0 Å². The van der Waals surface area contributed by atoms with Gasteiger partial charge in [-0.3, -0.25) is 4.79 Å². The predicted octanol–water partition coefficient (Wildman–Crippen LogP) is 5.24. The summed E-state index contributed by atoms with van der Waals surface area (Å²) in [4.78, 5) is 10.8. The number of unbranched alkanes of at least 4 members (excludes halogenated alkanes) is 3. The van der Waals surface area contributed by atoms with E-state index in [-0.39, 0.29) is 6.42 Å². The first-order valence-electron chi connectivity index (χ1n) is 9.33. The van der Waals surface area contributed by atoms with Gasteiger partial charge in [-0.25, -0.2) is 0 Å². The third-order valence-corrected chi connectivity index (χ3v) is 4.14. The minimum Gasteiger partial charge on any atom is -0.494 e. The molecule has 0 aliphatic carbocycles. The molecule has 2 rings (SSSR count). The van der Waals surface area contributed by atoms with Crippen molar-refractivity contribution < 1.29 is 19.4 Å². The van der Waals surface area contributed by atoms with Gasteiger partial charge >= 0.3 is 5.97 Å². The largest absolute Gasteiger partial charge is 0.494 e. The lowest BCUT2D eigenvalue weighted by Crippen LogP contribution is -2.02. The molecule has 26 heavy (non-hydrogen) atoms. The van der Waals surface area contributed by atoms with Crippen LogP contribution in [0.5, 0.6) is 11.5 Å². The molecule has 0 aliphatic rings. The summed E-state index contributed by atoms with van der Waals surface area (Å²) in [6.07, 6.45) is 5.31. The van der Waals surface area contributed by atoms with Crippen LogP contribution in [-0.4, -0.2) is 17.7 Å². The first kappa shape index (κ1) is 19.8. The van der Waals surface area contributed by atoms with E-state index in [0.29, 0.717) is 13.0 Å². The van der Waals surface area contributed by atoms with Crippen LogP contribution in [0.15, 0.2) is 48.5 Å². The molecule has 0 atom stereocenters. The second-order valence-corrected chi connectivity index (χ2v) is 6.35. The molecule has 0 bridgehead atoms. The molecule has 2 aromatic rings. The molecule has 0 aliphatic heterocycles. The summed E-state index contributed by atoms with van der Waals surface area (Å²) >= 11 is 0. The number of hydrogen-bond donors (Lipinski definition) is 1. The molecule has 0 amide bonds. The zero-order chi connectivity index (χ0) is 18.6. The topological polar surface area (TPSA) is 55.8 Å². The first-order chi connectivity index (χ1) is 12.7. The van der Waals surface area contributed by atoms with E-state index in [1.165, 1.54) is 19.3 Å². The smallest absolute Gasteiger partial charge is 0.303 e. The van der Waals surface area contributed by atoms with E-state index in [0.717, 1.165) is 35.7 Å². The number of aryl methyl sites for hydroxylation is 1. The molecule has 0 heterocycles. The molecule has 0 unspecified atom stereocenters. The highest BCUT2D eigenvalue weighted by Gasteiger charge is 2.06. The number of benzene rings is 2. The molecule has 4 heteroatoms. The summed E-state index contributed by atoms with van der Waals surface area (Å²) in [7, 11) is 0. The Kier molecular flexibility index (Phi) is 8.53. The maximum Gasteiger partial charge on any atom is 0.303 e. The van der Waals surface area contributed by atoms with E-state index in [1.54, 1.807) is 0 Å². The monoisotopic (exact) mass is 356 g/mol. The molecule has 0 saturated heterocycles. The van der Waals surface area contributed by atoms with Crippen molar-refractivity contribution in [1.82, 2.24) is 0 Å². The van der Waals surface area contributed by atoms with Crippen molar-refractivity contribution in [2.45, 2.75) is 52.1 Å². The van der Waals surface area contributed by atoms with Crippen molar-refractivity contribution >= 4 is 5.97 Å². The van der Waals surface area contributed by atoms with E-state index in [9.17, 15) is 4.79 Å². The second-order valence-electron chi connectivity index (χ2n) is 6.35. The van der Waals surface area contributed by atoms with Gasteiger partial charge in [0.2, 0.25) is 0 Å². The van der Waals surface area contributed by atoms with Gasteiger partial charge in [0.25, 0.3) is 0 Å². The van der Waals surface area contributed by atoms with Gasteiger partial charge in [-0.15, -0.1) is 0 Å². The highest BCUT2D eigenvalue weighted by Crippen LogP contribution is 2.22. The fraction of sp³-hybridized carbons (Fsp3) is 0.409. The number of carbonyl (C=O) groups is 1. The zero-order valence-corrected chi connectivity index (χ0v) is 15.4. The second kappa shape index (κ2) is 11.2. The fourth-order valence-electron chi connectivity index (χ4n) is 2.70. The molecule has 0 radical (unpaired) electrons. The lowest BCUT2D eigenvalue weighted by molar-refractivity contribution is -0.136. The number of carboxylic acids is 1. The van der Waals surface area contributed by atoms with Crippen molar-refractivity contribution in [3.05, 3.63) is 59.7 Å². The van der Waals surface area contributed by atoms with Crippen LogP contribution in [0.2, 0.25) is 0 Å². The Balaban J connectivity index is 1.87. The van der Waals surface area contributed by atoms with Gasteiger partial charge in [0.1, 0.15) is 18.1 Å². The summed E-state index contributed by atoms with van der Waals surface area (Å²) in [6.45, 7) is 3.36. The minimum absolute atomic E-state index is 0.0989. The molecule has 0 aromatic heterocycles. The number of para-hydroxylation sites is 1. The number of rotatable bonds is 12. The lowest BCUT2D eigenvalue weighted by Gasteiger charge is -2.12. The highest BCUT2D eigenvalue weighted by molar-refractivity contribution is 5.67. The Labute approximate surface area is 155 Å². The summed E-state index contributed by atoms with van der Waals surface area (Å²) in [5.74, 6) is 0.796. The average Bonchev–Trinajstić information content (AvgIpc) is 2.65. The van der Waals surface area contributed by atoms with Crippen LogP contribution < -0.4 is 9.47 Å². The SMILES string of the molecule is CCCCCCOc1cccc(COc2ccccc2CCC(=O)O)c1. The van der Waals surface area contributed by atoms with E-state index in [2.05, 4.69) is 6.92 Å². The van der Waals surface area contributed by atoms with E-state index in [1.807, 2.05) is 48.5 Å². The number of aliphatic carboxylic acids is 1. The van der Waals surface area contributed by atoms with Gasteiger partial charge in [-0.1, -0.05) is 56.5 Å². The standard InChI is InChI=1S/C22H28O4/c1-2-3-4-7-15-25-20-11-8-9-18(16-20)17-26-21-12-6-5-10-19(21)13-14-22(23)24/h5-6,8-12,16H,2-4,7,13-15,17H2,1H3,(H,23,24). The van der Waals surface area contributed by atoms with Crippen LogP contribution in [0.3, 0.4) is 0 Å². The van der Waals surface area contributed by atoms with Crippen LogP contribution in [0.4, 0.5) is 0 Å². The molecule has 2 aromatic carbocycles. The van der Waals surface area contributed by atoms with Crippen molar-refractivity contribution in [3.63, 3.8) is 0 Å². The maximum atomic E-state index is 10.8. The first-order valence-corrected chi connectivity index (χ1v) is 9.33. The summed E-state index contributed by atoms with van der Waals surface area (Å²) in [5, 5.41) is 8.87. The van der Waals surface area contributed by atoms with Gasteiger partial charge in [-0.2, -0.15) is 0 Å². The number of hydrogen-bond acceptors (Lipinski definition) is 3. The van der Waals surface area contributed by atoms with Crippen molar-refractivity contribution in [3.8, 4) is 11.5 Å². The molecule has 0 saturated carbocycles. The molecule has 0 spiro atoms. The van der Waals surface area contributed by atoms with Crippen LogP contribution in [0.1, 0.15) is 50.2 Å². The van der Waals surface area contributed by atoms with Crippen LogP contribution in [-0.2, 0) is 17.8 Å². The third kappa shape index (κ3) is 7.18. The quantitative estimate of drug-likeness (QED) is 0.528. The minimum atomic E-state index is -0.802. The number of ether oxygens (including phenoxy) is 2. The fourth-order valence-corrected chi connectivity index (χ4v) is 2.70.